The molecule has 0 bridgehead atoms. The van der Waals surface area contributed by atoms with Crippen molar-refractivity contribution in [2.75, 3.05) is 4.72 Å². The first-order chi connectivity index (χ1) is 5.29. The molecular weight excluding hydrogens is 214 g/mol. The summed E-state index contributed by atoms with van der Waals surface area (Å²) in [7, 11) is 3.32. The van der Waals surface area contributed by atoms with E-state index in [4.69, 9.17) is 0 Å². The Bertz CT molecular complexity index is 299. The van der Waals surface area contributed by atoms with Crippen molar-refractivity contribution in [1.82, 2.24) is 0 Å². The fourth-order valence-electron chi connectivity index (χ4n) is 0.837. The van der Waals surface area contributed by atoms with Crippen molar-refractivity contribution in [3.63, 3.8) is 0 Å². The van der Waals surface area contributed by atoms with Crippen LogP contribution in [0.2, 0.25) is 0 Å². The van der Waals surface area contributed by atoms with Gasteiger partial charge in [-0.3, -0.25) is 0 Å². The van der Waals surface area contributed by atoms with E-state index >= 15 is 0 Å². The van der Waals surface area contributed by atoms with Crippen molar-refractivity contribution in [3.8, 4) is 0 Å². The highest BCUT2D eigenvalue weighted by molar-refractivity contribution is 8.77. The van der Waals surface area contributed by atoms with Crippen LogP contribution in [0.5, 0.6) is 0 Å². The largest absolute Gasteiger partial charge is 0.318 e. The van der Waals surface area contributed by atoms with E-state index in [0.29, 0.717) is 0 Å². The number of benzene rings is 1. The molecule has 0 aliphatic carbocycles. The summed E-state index contributed by atoms with van der Waals surface area (Å²) in [5.41, 5.74) is 1.09. The predicted octanol–water partition coefficient (Wildman–Crippen LogP) is 3.34. The fraction of sp³-hybridized carbons (Fsp3) is 0. The molecule has 0 fully saturated rings. The maximum absolute atomic E-state index is 4.34. The van der Waals surface area contributed by atoms with Gasteiger partial charge in [-0.1, -0.05) is 0 Å². The highest BCUT2D eigenvalue weighted by Gasteiger charge is 2.15. The van der Waals surface area contributed by atoms with E-state index in [-0.39, 0.29) is 0 Å². The first-order valence-corrected chi connectivity index (χ1v) is 5.98. The molecule has 1 heterocycles. The lowest BCUT2D eigenvalue weighted by Crippen LogP contribution is -1.82. The molecule has 1 aliphatic rings. The molecule has 0 unspecified atom stereocenters. The van der Waals surface area contributed by atoms with Gasteiger partial charge in [-0.25, -0.2) is 0 Å². The average molecular weight is 219 g/mol. The number of rotatable bonds is 0. The second-order valence-electron chi connectivity index (χ2n) is 2.08. The second-order valence-corrected chi connectivity index (χ2v) is 4.98. The summed E-state index contributed by atoms with van der Waals surface area (Å²) < 4.78 is 3.16. The summed E-state index contributed by atoms with van der Waals surface area (Å²) in [6.45, 7) is 0. The Hall–Kier alpha value is 0.420. The molecule has 0 radical (unpaired) electrons. The molecule has 1 N–H and O–H groups in total. The van der Waals surface area contributed by atoms with Crippen LogP contribution in [-0.2, 0) is 0 Å². The number of anilines is 1. The van der Waals surface area contributed by atoms with Gasteiger partial charge < -0.3 is 4.72 Å². The maximum Gasteiger partial charge on any atom is 0.0740 e. The minimum absolute atomic E-state index is 0.919. The van der Waals surface area contributed by atoms with E-state index in [1.165, 1.54) is 4.90 Å². The van der Waals surface area contributed by atoms with Crippen LogP contribution < -0.4 is 4.72 Å². The molecule has 0 amide bonds. The Kier molecular flexibility index (Phi) is 2.23. The lowest BCUT2D eigenvalue weighted by Gasteiger charge is -2.02. The fourth-order valence-corrected chi connectivity index (χ4v) is 3.34. The molecule has 1 aromatic carbocycles. The van der Waals surface area contributed by atoms with Gasteiger partial charge in [-0.2, -0.15) is 0 Å². The third-order valence-electron chi connectivity index (χ3n) is 1.39. The molecule has 0 aromatic heterocycles. The first kappa shape index (κ1) is 8.04. The Morgan fingerprint density at radius 1 is 1.27 bits per heavy atom. The molecule has 2 rings (SSSR count). The molecule has 5 heteroatoms. The molecular formula is C6H5NS4. The summed E-state index contributed by atoms with van der Waals surface area (Å²) in [5.74, 6) is 0. The molecule has 0 saturated heterocycles. The molecule has 0 atom stereocenters. The van der Waals surface area contributed by atoms with Gasteiger partial charge >= 0.3 is 0 Å². The Balaban J connectivity index is 2.62. The molecule has 0 spiro atoms. The van der Waals surface area contributed by atoms with Gasteiger partial charge in [-0.05, 0) is 22.9 Å². The number of nitrogens with one attached hydrogen (secondary N) is 1. The van der Waals surface area contributed by atoms with Crippen LogP contribution in [0.15, 0.2) is 26.8 Å². The highest BCUT2D eigenvalue weighted by atomic mass is 33.1. The quantitative estimate of drug-likeness (QED) is 0.352. The van der Waals surface area contributed by atoms with Gasteiger partial charge in [0.15, 0.2) is 0 Å². The van der Waals surface area contributed by atoms with Crippen LogP contribution >= 0.6 is 47.0 Å². The third kappa shape index (κ3) is 1.35. The SMILES string of the molecule is Sc1ccc2c(c1S)NSS2. The van der Waals surface area contributed by atoms with E-state index in [1.54, 1.807) is 21.8 Å². The molecule has 1 nitrogen and oxygen atoms in total. The van der Waals surface area contributed by atoms with Crippen molar-refractivity contribution in [1.29, 1.82) is 0 Å². The van der Waals surface area contributed by atoms with Crippen molar-refractivity contribution < 1.29 is 0 Å². The van der Waals surface area contributed by atoms with Crippen LogP contribution in [-0.4, -0.2) is 0 Å². The van der Waals surface area contributed by atoms with E-state index in [1.807, 2.05) is 6.07 Å². The van der Waals surface area contributed by atoms with Gasteiger partial charge in [0.1, 0.15) is 0 Å². The third-order valence-corrected chi connectivity index (χ3v) is 4.34. The topological polar surface area (TPSA) is 12.0 Å². The lowest BCUT2D eigenvalue weighted by molar-refractivity contribution is 1.22. The zero-order chi connectivity index (χ0) is 7.84. The van der Waals surface area contributed by atoms with Crippen LogP contribution in [0.1, 0.15) is 0 Å². The Morgan fingerprint density at radius 2 is 2.09 bits per heavy atom. The summed E-state index contributed by atoms with van der Waals surface area (Å²) in [4.78, 5) is 3.09. The summed E-state index contributed by atoms with van der Waals surface area (Å²) in [6.07, 6.45) is 0. The second kappa shape index (κ2) is 3.05. The maximum atomic E-state index is 4.34. The Labute approximate surface area is 84.1 Å². The van der Waals surface area contributed by atoms with E-state index in [9.17, 15) is 0 Å². The van der Waals surface area contributed by atoms with Gasteiger partial charge in [0.2, 0.25) is 0 Å². The van der Waals surface area contributed by atoms with E-state index in [2.05, 4.69) is 36.0 Å². The minimum Gasteiger partial charge on any atom is -0.318 e. The monoisotopic (exact) mass is 219 g/mol. The molecule has 1 aliphatic heterocycles. The molecule has 11 heavy (non-hydrogen) atoms. The van der Waals surface area contributed by atoms with Crippen molar-refractivity contribution in [2.45, 2.75) is 14.7 Å². The standard InChI is InChI=1S/C6H5NS4/c8-3-1-2-4-5(6(3)9)7-11-10-4/h1-2,7-9H. The van der Waals surface area contributed by atoms with Crippen LogP contribution in [0, 0.1) is 0 Å². The molecule has 0 saturated carbocycles. The number of thiol groups is 2. The zero-order valence-electron chi connectivity index (χ0n) is 5.37. The lowest BCUT2D eigenvalue weighted by atomic mass is 10.3. The van der Waals surface area contributed by atoms with E-state index < -0.39 is 0 Å². The smallest absolute Gasteiger partial charge is 0.0740 e. The summed E-state index contributed by atoms with van der Waals surface area (Å²) in [5, 5.41) is 0. The predicted molar refractivity (Wildman–Crippen MR) is 58.0 cm³/mol. The first-order valence-electron chi connectivity index (χ1n) is 2.93. The van der Waals surface area contributed by atoms with Crippen LogP contribution in [0.4, 0.5) is 5.69 Å². The summed E-state index contributed by atoms with van der Waals surface area (Å²) in [6, 6.07) is 4.01. The molecule has 58 valence electrons. The number of fused-ring (bicyclic) bond motifs is 1. The van der Waals surface area contributed by atoms with Crippen LogP contribution in [0.3, 0.4) is 0 Å². The minimum atomic E-state index is 0.919. The van der Waals surface area contributed by atoms with Crippen molar-refractivity contribution in [3.05, 3.63) is 12.1 Å². The van der Waals surface area contributed by atoms with Crippen molar-refractivity contribution >= 4 is 52.7 Å². The van der Waals surface area contributed by atoms with Crippen molar-refractivity contribution in [2.24, 2.45) is 0 Å². The Morgan fingerprint density at radius 3 is 2.91 bits per heavy atom. The van der Waals surface area contributed by atoms with E-state index in [0.717, 1.165) is 15.5 Å². The highest BCUT2D eigenvalue weighted by Crippen LogP contribution is 2.48. The number of hydrogen-bond acceptors (Lipinski definition) is 5. The zero-order valence-corrected chi connectivity index (χ0v) is 8.79. The normalized spacial score (nSPS) is 14.4. The summed E-state index contributed by atoms with van der Waals surface area (Å²) >= 11 is 8.60. The van der Waals surface area contributed by atoms with Gasteiger partial charge in [-0.15, -0.1) is 25.3 Å². The van der Waals surface area contributed by atoms with Gasteiger partial charge in [0.25, 0.3) is 0 Å². The average Bonchev–Trinajstić information content (AvgIpc) is 2.45. The molecule has 1 aromatic rings. The number of hydrogen-bond donors (Lipinski definition) is 3. The van der Waals surface area contributed by atoms with Crippen LogP contribution in [0.25, 0.3) is 0 Å². The van der Waals surface area contributed by atoms with Gasteiger partial charge in [0, 0.05) is 25.7 Å². The van der Waals surface area contributed by atoms with Gasteiger partial charge in [0.05, 0.1) is 5.69 Å².